The highest BCUT2D eigenvalue weighted by Crippen LogP contribution is 2.31. The molecule has 1 aliphatic rings. The van der Waals surface area contributed by atoms with Crippen LogP contribution in [-0.2, 0) is 24.9 Å². The van der Waals surface area contributed by atoms with Crippen LogP contribution >= 0.6 is 0 Å². The van der Waals surface area contributed by atoms with Gasteiger partial charge in [0.15, 0.2) is 11.5 Å². The number of aromatic nitrogens is 2. The average Bonchev–Trinajstić information content (AvgIpc) is 2.86. The SMILES string of the molecule is Cc1cnc(CN(CC(=O)O)Cc2ccc3c(c2)OCCO3)n1C. The molecule has 128 valence electrons. The third kappa shape index (κ3) is 3.68. The predicted octanol–water partition coefficient (Wildman–Crippen LogP) is 1.59. The van der Waals surface area contributed by atoms with Crippen molar-refractivity contribution in [2.45, 2.75) is 20.0 Å². The summed E-state index contributed by atoms with van der Waals surface area (Å²) in [6, 6.07) is 5.72. The molecule has 3 rings (SSSR count). The molecule has 0 spiro atoms. The molecule has 1 N–H and O–H groups in total. The lowest BCUT2D eigenvalue weighted by atomic mass is 10.1. The molecular weight excluding hydrogens is 310 g/mol. The van der Waals surface area contributed by atoms with Gasteiger partial charge in [0, 0.05) is 25.5 Å². The van der Waals surface area contributed by atoms with E-state index in [9.17, 15) is 9.90 Å². The van der Waals surface area contributed by atoms with E-state index in [4.69, 9.17) is 9.47 Å². The van der Waals surface area contributed by atoms with E-state index in [1.807, 2.05) is 41.6 Å². The minimum Gasteiger partial charge on any atom is -0.486 e. The van der Waals surface area contributed by atoms with Crippen LogP contribution in [0.4, 0.5) is 0 Å². The lowest BCUT2D eigenvalue weighted by Gasteiger charge is -2.22. The molecule has 7 heteroatoms. The Morgan fingerprint density at radius 2 is 2.04 bits per heavy atom. The summed E-state index contributed by atoms with van der Waals surface area (Å²) in [5.74, 6) is 1.42. The van der Waals surface area contributed by atoms with Crippen LogP contribution in [0.5, 0.6) is 11.5 Å². The van der Waals surface area contributed by atoms with Crippen LogP contribution in [0.1, 0.15) is 17.1 Å². The Bertz CT molecular complexity index is 741. The Morgan fingerprint density at radius 3 is 2.71 bits per heavy atom. The van der Waals surface area contributed by atoms with Gasteiger partial charge in [-0.1, -0.05) is 6.07 Å². The minimum atomic E-state index is -0.863. The number of aliphatic carboxylic acids is 1. The number of benzene rings is 1. The van der Waals surface area contributed by atoms with Crippen LogP contribution in [0, 0.1) is 6.92 Å². The van der Waals surface area contributed by atoms with Gasteiger partial charge in [-0.25, -0.2) is 4.98 Å². The topological polar surface area (TPSA) is 76.8 Å². The van der Waals surface area contributed by atoms with E-state index in [1.165, 1.54) is 0 Å². The zero-order valence-corrected chi connectivity index (χ0v) is 13.9. The maximum Gasteiger partial charge on any atom is 0.317 e. The second kappa shape index (κ2) is 6.92. The van der Waals surface area contributed by atoms with Gasteiger partial charge in [0.05, 0.1) is 13.1 Å². The van der Waals surface area contributed by atoms with Gasteiger partial charge >= 0.3 is 5.97 Å². The van der Waals surface area contributed by atoms with Crippen LogP contribution in [0.15, 0.2) is 24.4 Å². The number of fused-ring (bicyclic) bond motifs is 1. The molecule has 0 amide bonds. The van der Waals surface area contributed by atoms with E-state index >= 15 is 0 Å². The molecule has 7 nitrogen and oxygen atoms in total. The van der Waals surface area contributed by atoms with Gasteiger partial charge in [0.2, 0.25) is 0 Å². The quantitative estimate of drug-likeness (QED) is 0.866. The minimum absolute atomic E-state index is 0.0552. The molecule has 0 saturated heterocycles. The normalized spacial score (nSPS) is 13.3. The van der Waals surface area contributed by atoms with E-state index in [0.29, 0.717) is 32.1 Å². The molecule has 0 aliphatic carbocycles. The van der Waals surface area contributed by atoms with Crippen molar-refractivity contribution in [1.29, 1.82) is 0 Å². The Balaban J connectivity index is 1.76. The molecule has 0 radical (unpaired) electrons. The van der Waals surface area contributed by atoms with Crippen LogP contribution in [-0.4, -0.2) is 45.3 Å². The van der Waals surface area contributed by atoms with E-state index in [1.54, 1.807) is 6.20 Å². The smallest absolute Gasteiger partial charge is 0.317 e. The summed E-state index contributed by atoms with van der Waals surface area (Å²) in [5.41, 5.74) is 2.02. The van der Waals surface area contributed by atoms with Crippen molar-refractivity contribution < 1.29 is 19.4 Å². The summed E-state index contributed by atoms with van der Waals surface area (Å²) in [7, 11) is 1.93. The second-order valence-electron chi connectivity index (χ2n) is 5.89. The van der Waals surface area contributed by atoms with Crippen molar-refractivity contribution in [3.05, 3.63) is 41.5 Å². The number of hydrogen-bond acceptors (Lipinski definition) is 5. The number of rotatable bonds is 6. The summed E-state index contributed by atoms with van der Waals surface area (Å²) < 4.78 is 13.1. The van der Waals surface area contributed by atoms with E-state index < -0.39 is 5.97 Å². The number of ether oxygens (including phenoxy) is 2. The fourth-order valence-electron chi connectivity index (χ4n) is 2.69. The summed E-state index contributed by atoms with van der Waals surface area (Å²) >= 11 is 0. The molecule has 2 aromatic rings. The van der Waals surface area contributed by atoms with E-state index in [0.717, 1.165) is 22.8 Å². The molecule has 0 saturated carbocycles. The van der Waals surface area contributed by atoms with Gasteiger partial charge in [-0.15, -0.1) is 0 Å². The molecule has 1 aliphatic heterocycles. The van der Waals surface area contributed by atoms with Crippen LogP contribution in [0.3, 0.4) is 0 Å². The van der Waals surface area contributed by atoms with E-state index in [-0.39, 0.29) is 6.54 Å². The zero-order valence-electron chi connectivity index (χ0n) is 13.9. The first-order valence-corrected chi connectivity index (χ1v) is 7.83. The average molecular weight is 331 g/mol. The monoisotopic (exact) mass is 331 g/mol. The largest absolute Gasteiger partial charge is 0.486 e. The van der Waals surface area contributed by atoms with E-state index in [2.05, 4.69) is 4.98 Å². The molecule has 0 unspecified atom stereocenters. The third-order valence-electron chi connectivity index (χ3n) is 4.05. The lowest BCUT2D eigenvalue weighted by molar-refractivity contribution is -0.138. The van der Waals surface area contributed by atoms with Crippen molar-refractivity contribution in [2.24, 2.45) is 7.05 Å². The van der Waals surface area contributed by atoms with Crippen molar-refractivity contribution in [2.75, 3.05) is 19.8 Å². The fourth-order valence-corrected chi connectivity index (χ4v) is 2.69. The number of aryl methyl sites for hydroxylation is 1. The van der Waals surface area contributed by atoms with Gasteiger partial charge in [-0.2, -0.15) is 0 Å². The predicted molar refractivity (Wildman–Crippen MR) is 87.1 cm³/mol. The number of hydrogen-bond donors (Lipinski definition) is 1. The second-order valence-corrected chi connectivity index (χ2v) is 5.89. The Morgan fingerprint density at radius 1 is 1.29 bits per heavy atom. The molecule has 0 atom stereocenters. The highest BCUT2D eigenvalue weighted by molar-refractivity contribution is 5.69. The van der Waals surface area contributed by atoms with Crippen molar-refractivity contribution in [1.82, 2.24) is 14.5 Å². The summed E-state index contributed by atoms with van der Waals surface area (Å²) in [4.78, 5) is 17.4. The number of imidazole rings is 1. The lowest BCUT2D eigenvalue weighted by Crippen LogP contribution is -2.30. The van der Waals surface area contributed by atoms with Crippen LogP contribution in [0.25, 0.3) is 0 Å². The number of nitrogens with zero attached hydrogens (tertiary/aromatic N) is 3. The maximum atomic E-state index is 11.2. The first kappa shape index (κ1) is 16.3. The highest BCUT2D eigenvalue weighted by Gasteiger charge is 2.17. The van der Waals surface area contributed by atoms with Crippen LogP contribution in [0.2, 0.25) is 0 Å². The Labute approximate surface area is 140 Å². The molecule has 1 aromatic carbocycles. The molecule has 1 aromatic heterocycles. The molecular formula is C17H21N3O4. The number of carboxylic acids is 1. The van der Waals surface area contributed by atoms with Gasteiger partial charge in [-0.05, 0) is 24.6 Å². The van der Waals surface area contributed by atoms with Crippen molar-refractivity contribution in [3.63, 3.8) is 0 Å². The van der Waals surface area contributed by atoms with Crippen molar-refractivity contribution >= 4 is 5.97 Å². The van der Waals surface area contributed by atoms with Crippen molar-refractivity contribution in [3.8, 4) is 11.5 Å². The Kier molecular flexibility index (Phi) is 4.71. The highest BCUT2D eigenvalue weighted by atomic mass is 16.6. The maximum absolute atomic E-state index is 11.2. The van der Waals surface area contributed by atoms with Gasteiger partial charge in [-0.3, -0.25) is 9.69 Å². The summed E-state index contributed by atoms with van der Waals surface area (Å²) in [6.45, 7) is 3.96. The molecule has 24 heavy (non-hydrogen) atoms. The van der Waals surface area contributed by atoms with Gasteiger partial charge in [0.1, 0.15) is 19.0 Å². The molecule has 0 bridgehead atoms. The third-order valence-corrected chi connectivity index (χ3v) is 4.05. The fraction of sp³-hybridized carbons (Fsp3) is 0.412. The van der Waals surface area contributed by atoms with Gasteiger partial charge < -0.3 is 19.1 Å². The first-order valence-electron chi connectivity index (χ1n) is 7.83. The number of carbonyl (C=O) groups is 1. The van der Waals surface area contributed by atoms with Crippen LogP contribution < -0.4 is 9.47 Å². The molecule has 0 fully saturated rings. The summed E-state index contributed by atoms with van der Waals surface area (Å²) in [5, 5.41) is 9.19. The zero-order chi connectivity index (χ0) is 17.1. The Hall–Kier alpha value is -2.54. The first-order chi connectivity index (χ1) is 11.5. The number of carboxylic acid groups (broad SMARTS) is 1. The molecule has 2 heterocycles. The van der Waals surface area contributed by atoms with Gasteiger partial charge in [0.25, 0.3) is 0 Å². The standard InChI is InChI=1S/C17H21N3O4/c1-12-8-18-16(19(12)2)10-20(11-17(21)22)9-13-3-4-14-15(7-13)24-6-5-23-14/h3-4,7-8H,5-6,9-11H2,1-2H3,(H,21,22). The summed E-state index contributed by atoms with van der Waals surface area (Å²) in [6.07, 6.45) is 1.79.